The second-order valence-electron chi connectivity index (χ2n) is 2.67. The first-order valence-corrected chi connectivity index (χ1v) is 3.86. The van der Waals surface area contributed by atoms with Crippen molar-refractivity contribution in [3.63, 3.8) is 0 Å². The topological polar surface area (TPSA) is 38.0 Å². The van der Waals surface area contributed by atoms with E-state index in [-0.39, 0.29) is 0 Å². The van der Waals surface area contributed by atoms with Crippen LogP contribution in [0.1, 0.15) is 5.56 Å². The van der Waals surface area contributed by atoms with Gasteiger partial charge < -0.3 is 11.1 Å². The normalized spacial score (nSPS) is 13.3. The van der Waals surface area contributed by atoms with Crippen molar-refractivity contribution < 1.29 is 0 Å². The fourth-order valence-corrected chi connectivity index (χ4v) is 1.24. The molecule has 0 aromatic heterocycles. The minimum Gasteiger partial charge on any atom is -0.398 e. The molecule has 0 fully saturated rings. The number of nitrogens with two attached hydrogens (primary N) is 1. The molecule has 0 radical (unpaired) electrons. The van der Waals surface area contributed by atoms with Gasteiger partial charge in [-0.25, -0.2) is 0 Å². The minimum absolute atomic E-state index is 0.806. The lowest BCUT2D eigenvalue weighted by atomic mass is 10.1. The predicted molar refractivity (Wildman–Crippen MR) is 52.7 cm³/mol. The fourth-order valence-electron chi connectivity index (χ4n) is 1.24. The molecule has 2 nitrogen and oxygen atoms in total. The van der Waals surface area contributed by atoms with E-state index < -0.39 is 0 Å². The molecule has 0 unspecified atom stereocenters. The average molecular weight is 158 g/mol. The molecular formula is C10H10N2. The lowest BCUT2D eigenvalue weighted by Gasteiger charge is -2.06. The molecule has 2 rings (SSSR count). The Kier molecular flexibility index (Phi) is 1.59. The highest BCUT2D eigenvalue weighted by Crippen LogP contribution is 2.24. The van der Waals surface area contributed by atoms with Crippen LogP contribution in [-0.4, -0.2) is 0 Å². The third-order valence-corrected chi connectivity index (χ3v) is 1.85. The van der Waals surface area contributed by atoms with Gasteiger partial charge >= 0.3 is 0 Å². The van der Waals surface area contributed by atoms with Gasteiger partial charge in [0.2, 0.25) is 0 Å². The summed E-state index contributed by atoms with van der Waals surface area (Å²) in [5.74, 6) is 0. The zero-order chi connectivity index (χ0) is 8.39. The number of anilines is 2. The number of nitrogens with one attached hydrogen (secondary N) is 1. The number of nitrogen functional groups attached to an aromatic ring is 1. The molecule has 1 aromatic carbocycles. The summed E-state index contributed by atoms with van der Waals surface area (Å²) >= 11 is 0. The number of benzene rings is 1. The van der Waals surface area contributed by atoms with Gasteiger partial charge in [-0.1, -0.05) is 18.2 Å². The van der Waals surface area contributed by atoms with Crippen LogP contribution in [0.15, 0.2) is 36.6 Å². The molecule has 1 heterocycles. The maximum absolute atomic E-state index is 5.79. The highest BCUT2D eigenvalue weighted by atomic mass is 14.8. The molecule has 60 valence electrons. The molecule has 0 spiro atoms. The lowest BCUT2D eigenvalue weighted by molar-refractivity contribution is 1.56. The van der Waals surface area contributed by atoms with Gasteiger partial charge in [-0.2, -0.15) is 0 Å². The van der Waals surface area contributed by atoms with Gasteiger partial charge in [-0.05, 0) is 18.2 Å². The van der Waals surface area contributed by atoms with Gasteiger partial charge in [0.05, 0.1) is 0 Å². The van der Waals surface area contributed by atoms with E-state index in [2.05, 4.69) is 5.32 Å². The van der Waals surface area contributed by atoms with E-state index >= 15 is 0 Å². The van der Waals surface area contributed by atoms with Gasteiger partial charge in [-0.3, -0.25) is 0 Å². The van der Waals surface area contributed by atoms with Crippen LogP contribution in [0.2, 0.25) is 0 Å². The van der Waals surface area contributed by atoms with Crippen molar-refractivity contribution in [1.29, 1.82) is 0 Å². The van der Waals surface area contributed by atoms with Crippen LogP contribution in [0.5, 0.6) is 0 Å². The van der Waals surface area contributed by atoms with Gasteiger partial charge in [0.15, 0.2) is 0 Å². The second-order valence-corrected chi connectivity index (χ2v) is 2.67. The molecule has 1 aliphatic heterocycles. The van der Waals surface area contributed by atoms with Gasteiger partial charge in [-0.15, -0.1) is 0 Å². The smallest absolute Gasteiger partial charge is 0.0474 e. The molecule has 2 heteroatoms. The zero-order valence-corrected chi connectivity index (χ0v) is 6.62. The first-order chi connectivity index (χ1) is 5.88. The van der Waals surface area contributed by atoms with Crippen LogP contribution in [0.4, 0.5) is 11.4 Å². The predicted octanol–water partition coefficient (Wildman–Crippen LogP) is 2.22. The van der Waals surface area contributed by atoms with Crippen LogP contribution < -0.4 is 11.1 Å². The third-order valence-electron chi connectivity index (χ3n) is 1.85. The van der Waals surface area contributed by atoms with Crippen molar-refractivity contribution in [3.8, 4) is 0 Å². The second kappa shape index (κ2) is 2.74. The zero-order valence-electron chi connectivity index (χ0n) is 6.62. The first kappa shape index (κ1) is 6.98. The monoisotopic (exact) mass is 158 g/mol. The summed E-state index contributed by atoms with van der Waals surface area (Å²) in [6, 6.07) is 5.84. The average Bonchev–Trinajstić information content (AvgIpc) is 2.30. The number of fused-ring (bicyclic) bond motifs is 1. The molecule has 0 atom stereocenters. The Bertz CT molecular complexity index is 351. The summed E-state index contributed by atoms with van der Waals surface area (Å²) in [5, 5.41) is 3.14. The van der Waals surface area contributed by atoms with E-state index in [4.69, 9.17) is 5.73 Å². The molecule has 3 N–H and O–H groups in total. The molecule has 0 saturated heterocycles. The van der Waals surface area contributed by atoms with Crippen molar-refractivity contribution in [2.24, 2.45) is 0 Å². The van der Waals surface area contributed by atoms with E-state index in [1.807, 2.05) is 42.6 Å². The number of hydrogen-bond acceptors (Lipinski definition) is 2. The highest BCUT2D eigenvalue weighted by Gasteiger charge is 2.01. The molecule has 0 amide bonds. The summed E-state index contributed by atoms with van der Waals surface area (Å²) in [6.07, 6.45) is 7.80. The van der Waals surface area contributed by atoms with Crippen LogP contribution in [0, 0.1) is 0 Å². The third kappa shape index (κ3) is 1.07. The van der Waals surface area contributed by atoms with Crippen molar-refractivity contribution in [2.75, 3.05) is 11.1 Å². The summed E-state index contributed by atoms with van der Waals surface area (Å²) in [4.78, 5) is 0. The highest BCUT2D eigenvalue weighted by molar-refractivity contribution is 5.78. The van der Waals surface area contributed by atoms with Crippen LogP contribution in [0.25, 0.3) is 6.08 Å². The Labute approximate surface area is 71.4 Å². The van der Waals surface area contributed by atoms with Crippen LogP contribution in [0.3, 0.4) is 0 Å². The maximum atomic E-state index is 5.79. The van der Waals surface area contributed by atoms with Crippen molar-refractivity contribution in [3.05, 3.63) is 42.1 Å². The number of allylic oxidation sites excluding steroid dienone is 2. The van der Waals surface area contributed by atoms with E-state index in [9.17, 15) is 0 Å². The van der Waals surface area contributed by atoms with E-state index in [0.29, 0.717) is 0 Å². The van der Waals surface area contributed by atoms with Crippen LogP contribution in [-0.2, 0) is 0 Å². The minimum atomic E-state index is 0.806. The van der Waals surface area contributed by atoms with Crippen LogP contribution >= 0.6 is 0 Å². The lowest BCUT2D eigenvalue weighted by Crippen LogP contribution is -1.94. The van der Waals surface area contributed by atoms with Gasteiger partial charge in [0.1, 0.15) is 0 Å². The molecule has 0 bridgehead atoms. The maximum Gasteiger partial charge on any atom is 0.0474 e. The Balaban J connectivity index is 2.59. The van der Waals surface area contributed by atoms with E-state index in [0.717, 1.165) is 16.9 Å². The van der Waals surface area contributed by atoms with E-state index in [1.54, 1.807) is 0 Å². The standard InChI is InChI=1S/C10H10N2/c11-9-5-3-6-10-8(9)4-1-2-7-12-10/h1-7,12H,11H2. The summed E-state index contributed by atoms with van der Waals surface area (Å²) in [5.41, 5.74) is 8.71. The number of rotatable bonds is 0. The van der Waals surface area contributed by atoms with Crippen molar-refractivity contribution in [1.82, 2.24) is 0 Å². The molecular weight excluding hydrogens is 148 g/mol. The molecule has 1 aromatic rings. The summed E-state index contributed by atoms with van der Waals surface area (Å²) < 4.78 is 0. The Hall–Kier alpha value is -1.70. The van der Waals surface area contributed by atoms with E-state index in [1.165, 1.54) is 0 Å². The molecule has 0 saturated carbocycles. The van der Waals surface area contributed by atoms with Crippen molar-refractivity contribution >= 4 is 17.5 Å². The quantitative estimate of drug-likeness (QED) is 0.568. The summed E-state index contributed by atoms with van der Waals surface area (Å²) in [7, 11) is 0. The Morgan fingerprint density at radius 2 is 2.08 bits per heavy atom. The van der Waals surface area contributed by atoms with Gasteiger partial charge in [0, 0.05) is 23.1 Å². The fraction of sp³-hybridized carbons (Fsp3) is 0. The Morgan fingerprint density at radius 3 is 3.00 bits per heavy atom. The molecule has 0 aliphatic carbocycles. The first-order valence-electron chi connectivity index (χ1n) is 3.86. The summed E-state index contributed by atoms with van der Waals surface area (Å²) in [6.45, 7) is 0. The number of hydrogen-bond donors (Lipinski definition) is 2. The van der Waals surface area contributed by atoms with Gasteiger partial charge in [0.25, 0.3) is 0 Å². The molecule has 12 heavy (non-hydrogen) atoms. The Morgan fingerprint density at radius 1 is 1.17 bits per heavy atom. The molecule has 1 aliphatic rings. The SMILES string of the molecule is Nc1cccc2c1C=CC=CN2. The van der Waals surface area contributed by atoms with Crippen molar-refractivity contribution in [2.45, 2.75) is 0 Å². The largest absolute Gasteiger partial charge is 0.398 e.